The minimum atomic E-state index is -0.285. The van der Waals surface area contributed by atoms with Crippen LogP contribution in [0.5, 0.6) is 11.5 Å². The molecule has 0 amide bonds. The Kier molecular flexibility index (Phi) is 2.00. The van der Waals surface area contributed by atoms with Crippen LogP contribution < -0.4 is 15.0 Å². The molecule has 0 spiro atoms. The Hall–Kier alpha value is -1.75. The van der Waals surface area contributed by atoms with Gasteiger partial charge in [-0.05, 0) is 17.7 Å². The highest BCUT2D eigenvalue weighted by Crippen LogP contribution is 2.32. The van der Waals surface area contributed by atoms with Crippen molar-refractivity contribution < 1.29 is 9.47 Å². The molecule has 82 valence electrons. The Morgan fingerprint density at radius 2 is 1.94 bits per heavy atom. The molecule has 0 saturated heterocycles. The van der Waals surface area contributed by atoms with Crippen molar-refractivity contribution in [2.75, 3.05) is 13.2 Å². The van der Waals surface area contributed by atoms with E-state index in [1.165, 1.54) is 0 Å². The summed E-state index contributed by atoms with van der Waals surface area (Å²) in [6.07, 6.45) is 0. The van der Waals surface area contributed by atoms with E-state index in [4.69, 9.17) is 21.1 Å². The summed E-state index contributed by atoms with van der Waals surface area (Å²) < 4.78 is 10.8. The first-order chi connectivity index (χ1) is 7.74. The molecule has 3 rings (SSSR count). The molecule has 0 aliphatic carbocycles. The third-order valence-electron chi connectivity index (χ3n) is 2.34. The average molecular weight is 239 g/mol. The van der Waals surface area contributed by atoms with Crippen molar-refractivity contribution in [3.8, 4) is 11.5 Å². The predicted octanol–water partition coefficient (Wildman–Crippen LogP) is 1.35. The molecule has 5 nitrogen and oxygen atoms in total. The van der Waals surface area contributed by atoms with Gasteiger partial charge in [-0.2, -0.15) is 0 Å². The number of hydrogen-bond acceptors (Lipinski definition) is 4. The maximum absolute atomic E-state index is 11.6. The van der Waals surface area contributed by atoms with E-state index >= 15 is 0 Å². The standard InChI is InChI=1S/C10H7ClN2O3/c11-10-12-6-4-8-7(15-1-2-16-8)3-5(6)9(14)13-10/h3-4H,1-2H2,(H,12,13,14). The average Bonchev–Trinajstić information content (AvgIpc) is 2.27. The molecule has 0 fully saturated rings. The number of aromatic amines is 1. The maximum atomic E-state index is 11.6. The lowest BCUT2D eigenvalue weighted by Gasteiger charge is -2.18. The molecular weight excluding hydrogens is 232 g/mol. The van der Waals surface area contributed by atoms with E-state index < -0.39 is 0 Å². The molecular formula is C10H7ClN2O3. The van der Waals surface area contributed by atoms with Crippen molar-refractivity contribution in [3.05, 3.63) is 27.8 Å². The van der Waals surface area contributed by atoms with Crippen molar-refractivity contribution in [3.63, 3.8) is 0 Å². The Bertz CT molecular complexity index is 623. The van der Waals surface area contributed by atoms with Gasteiger partial charge < -0.3 is 9.47 Å². The van der Waals surface area contributed by atoms with Crippen molar-refractivity contribution in [1.82, 2.24) is 9.97 Å². The lowest BCUT2D eigenvalue weighted by molar-refractivity contribution is 0.172. The molecule has 0 bridgehead atoms. The highest BCUT2D eigenvalue weighted by atomic mass is 35.5. The summed E-state index contributed by atoms with van der Waals surface area (Å²) in [4.78, 5) is 18.1. The van der Waals surface area contributed by atoms with Crippen LogP contribution in [0, 0.1) is 0 Å². The zero-order chi connectivity index (χ0) is 11.1. The second-order valence-electron chi connectivity index (χ2n) is 3.37. The van der Waals surface area contributed by atoms with Gasteiger partial charge in [-0.15, -0.1) is 0 Å². The normalized spacial score (nSPS) is 14.1. The van der Waals surface area contributed by atoms with Crippen LogP contribution in [0.3, 0.4) is 0 Å². The summed E-state index contributed by atoms with van der Waals surface area (Å²) in [6.45, 7) is 0.979. The van der Waals surface area contributed by atoms with E-state index in [1.807, 2.05) is 0 Å². The van der Waals surface area contributed by atoms with Crippen LogP contribution in [0.4, 0.5) is 0 Å². The number of nitrogens with zero attached hydrogens (tertiary/aromatic N) is 1. The number of nitrogens with one attached hydrogen (secondary N) is 1. The third-order valence-corrected chi connectivity index (χ3v) is 2.52. The molecule has 1 aliphatic heterocycles. The minimum Gasteiger partial charge on any atom is -0.486 e. The number of fused-ring (bicyclic) bond motifs is 2. The van der Waals surface area contributed by atoms with Crippen LogP contribution in [0.1, 0.15) is 0 Å². The molecule has 6 heteroatoms. The van der Waals surface area contributed by atoms with Gasteiger partial charge in [0.1, 0.15) is 13.2 Å². The Balaban J connectivity index is 2.35. The molecule has 2 aromatic rings. The molecule has 0 unspecified atom stereocenters. The number of aromatic nitrogens is 2. The van der Waals surface area contributed by atoms with Gasteiger partial charge in [0, 0.05) is 6.07 Å². The van der Waals surface area contributed by atoms with E-state index in [0.29, 0.717) is 35.6 Å². The Labute approximate surface area is 95.0 Å². The highest BCUT2D eigenvalue weighted by molar-refractivity contribution is 6.28. The van der Waals surface area contributed by atoms with Gasteiger partial charge in [0.25, 0.3) is 5.56 Å². The summed E-state index contributed by atoms with van der Waals surface area (Å²) in [5.74, 6) is 1.15. The number of hydrogen-bond donors (Lipinski definition) is 1. The summed E-state index contributed by atoms with van der Waals surface area (Å²) in [5, 5.41) is 0.503. The van der Waals surface area contributed by atoms with Crippen molar-refractivity contribution >= 4 is 22.5 Å². The first-order valence-electron chi connectivity index (χ1n) is 4.73. The Morgan fingerprint density at radius 3 is 2.69 bits per heavy atom. The first kappa shape index (κ1) is 9.47. The molecule has 1 aliphatic rings. The van der Waals surface area contributed by atoms with E-state index in [-0.39, 0.29) is 10.8 Å². The fourth-order valence-corrected chi connectivity index (χ4v) is 1.82. The van der Waals surface area contributed by atoms with Crippen LogP contribution in [0.2, 0.25) is 5.28 Å². The van der Waals surface area contributed by atoms with Crippen molar-refractivity contribution in [2.24, 2.45) is 0 Å². The van der Waals surface area contributed by atoms with E-state index in [2.05, 4.69) is 9.97 Å². The first-order valence-corrected chi connectivity index (χ1v) is 5.11. The number of rotatable bonds is 0. The van der Waals surface area contributed by atoms with E-state index in [1.54, 1.807) is 12.1 Å². The number of halogens is 1. The minimum absolute atomic E-state index is 0.0641. The smallest absolute Gasteiger partial charge is 0.259 e. The lowest BCUT2D eigenvalue weighted by atomic mass is 10.2. The quantitative estimate of drug-likeness (QED) is 0.704. The number of benzene rings is 1. The lowest BCUT2D eigenvalue weighted by Crippen LogP contribution is -2.16. The highest BCUT2D eigenvalue weighted by Gasteiger charge is 2.14. The van der Waals surface area contributed by atoms with Crippen LogP contribution in [-0.4, -0.2) is 23.2 Å². The molecule has 1 aromatic carbocycles. The van der Waals surface area contributed by atoms with Gasteiger partial charge >= 0.3 is 0 Å². The summed E-state index contributed by atoms with van der Waals surface area (Å²) in [7, 11) is 0. The van der Waals surface area contributed by atoms with Gasteiger partial charge in [-0.3, -0.25) is 9.78 Å². The summed E-state index contributed by atoms with van der Waals surface area (Å²) >= 11 is 5.67. The van der Waals surface area contributed by atoms with Gasteiger partial charge in [0.2, 0.25) is 5.28 Å². The van der Waals surface area contributed by atoms with Crippen molar-refractivity contribution in [2.45, 2.75) is 0 Å². The molecule has 2 heterocycles. The fourth-order valence-electron chi connectivity index (χ4n) is 1.65. The van der Waals surface area contributed by atoms with Gasteiger partial charge in [-0.1, -0.05) is 0 Å². The second kappa shape index (κ2) is 3.38. The third kappa shape index (κ3) is 1.40. The molecule has 0 saturated carbocycles. The largest absolute Gasteiger partial charge is 0.486 e. The van der Waals surface area contributed by atoms with Crippen LogP contribution in [0.15, 0.2) is 16.9 Å². The zero-order valence-electron chi connectivity index (χ0n) is 8.12. The molecule has 1 N–H and O–H groups in total. The van der Waals surface area contributed by atoms with Crippen LogP contribution in [0.25, 0.3) is 10.9 Å². The Morgan fingerprint density at radius 1 is 1.25 bits per heavy atom. The zero-order valence-corrected chi connectivity index (χ0v) is 8.87. The van der Waals surface area contributed by atoms with Gasteiger partial charge in [-0.25, -0.2) is 4.98 Å². The molecule has 0 radical (unpaired) electrons. The summed E-state index contributed by atoms with van der Waals surface area (Å²) in [6, 6.07) is 3.27. The number of H-pyrrole nitrogens is 1. The van der Waals surface area contributed by atoms with E-state index in [0.717, 1.165) is 0 Å². The van der Waals surface area contributed by atoms with Gasteiger partial charge in [0.15, 0.2) is 11.5 Å². The fraction of sp³-hybridized carbons (Fsp3) is 0.200. The van der Waals surface area contributed by atoms with E-state index in [9.17, 15) is 4.79 Å². The van der Waals surface area contributed by atoms with Gasteiger partial charge in [0.05, 0.1) is 10.9 Å². The molecule has 1 aromatic heterocycles. The topological polar surface area (TPSA) is 64.2 Å². The van der Waals surface area contributed by atoms with Crippen molar-refractivity contribution in [1.29, 1.82) is 0 Å². The predicted molar refractivity (Wildman–Crippen MR) is 58.4 cm³/mol. The SMILES string of the molecule is O=c1[nH]c(Cl)nc2cc3c(cc12)OCCO3. The molecule has 16 heavy (non-hydrogen) atoms. The molecule has 0 atom stereocenters. The van der Waals surface area contributed by atoms with Crippen LogP contribution >= 0.6 is 11.6 Å². The van der Waals surface area contributed by atoms with Crippen LogP contribution in [-0.2, 0) is 0 Å². The number of ether oxygens (including phenoxy) is 2. The monoisotopic (exact) mass is 238 g/mol. The maximum Gasteiger partial charge on any atom is 0.259 e. The summed E-state index contributed by atoms with van der Waals surface area (Å²) in [5.41, 5.74) is 0.213. The second-order valence-corrected chi connectivity index (χ2v) is 3.73.